The molecule has 1 saturated heterocycles. The maximum absolute atomic E-state index is 9.87. The van der Waals surface area contributed by atoms with Crippen LogP contribution in [0.1, 0.15) is 20.3 Å². The maximum atomic E-state index is 9.87. The summed E-state index contributed by atoms with van der Waals surface area (Å²) in [6, 6.07) is 0. The molecule has 1 fully saturated rings. The van der Waals surface area contributed by atoms with Gasteiger partial charge in [-0.05, 0) is 12.2 Å². The van der Waals surface area contributed by atoms with Gasteiger partial charge in [0, 0.05) is 11.2 Å². The molecule has 0 aromatic heterocycles. The lowest BCUT2D eigenvalue weighted by atomic mass is 9.86. The number of hydrogen-bond acceptors (Lipinski definition) is 2. The van der Waals surface area contributed by atoms with Gasteiger partial charge < -0.3 is 5.11 Å². The van der Waals surface area contributed by atoms with Gasteiger partial charge >= 0.3 is 0 Å². The van der Waals surface area contributed by atoms with E-state index in [2.05, 4.69) is 12.8 Å². The van der Waals surface area contributed by atoms with E-state index in [1.54, 1.807) is 0 Å². The Kier molecular flexibility index (Phi) is 2.51. The van der Waals surface area contributed by atoms with Crippen LogP contribution in [-0.4, -0.2) is 21.7 Å². The Morgan fingerprint density at radius 3 is 2.73 bits per heavy atom. The molecule has 62 valence electrons. The van der Waals surface area contributed by atoms with Crippen LogP contribution in [0.15, 0.2) is 0 Å². The zero-order chi connectivity index (χ0) is 8.48. The van der Waals surface area contributed by atoms with Crippen molar-refractivity contribution in [2.24, 2.45) is 5.92 Å². The summed E-state index contributed by atoms with van der Waals surface area (Å²) >= 11 is 1.89. The van der Waals surface area contributed by atoms with Crippen molar-refractivity contribution >= 4 is 11.8 Å². The quantitative estimate of drug-likeness (QED) is 0.556. The highest BCUT2D eigenvalue weighted by Crippen LogP contribution is 2.36. The summed E-state index contributed by atoms with van der Waals surface area (Å²) < 4.78 is 0. The smallest absolute Gasteiger partial charge is 0.129 e. The first-order chi connectivity index (χ1) is 5.08. The molecular weight excluding hydrogens is 156 g/mol. The molecule has 1 heterocycles. The van der Waals surface area contributed by atoms with Crippen molar-refractivity contribution in [3.05, 3.63) is 0 Å². The molecule has 1 aliphatic rings. The summed E-state index contributed by atoms with van der Waals surface area (Å²) in [5.74, 6) is 3.71. The van der Waals surface area contributed by atoms with E-state index in [1.807, 2.05) is 18.7 Å². The highest BCUT2D eigenvalue weighted by Gasteiger charge is 2.37. The van der Waals surface area contributed by atoms with E-state index in [9.17, 15) is 5.11 Å². The number of aliphatic hydroxyl groups is 1. The minimum Gasteiger partial charge on any atom is -0.377 e. The van der Waals surface area contributed by atoms with Gasteiger partial charge in [-0.15, -0.1) is 6.42 Å². The number of terminal acetylenes is 1. The lowest BCUT2D eigenvalue weighted by Crippen LogP contribution is -2.42. The molecule has 3 unspecified atom stereocenters. The number of hydrogen-bond donors (Lipinski definition) is 1. The first kappa shape index (κ1) is 8.96. The fourth-order valence-corrected chi connectivity index (χ4v) is 2.61. The summed E-state index contributed by atoms with van der Waals surface area (Å²) in [5.41, 5.74) is -0.843. The summed E-state index contributed by atoms with van der Waals surface area (Å²) in [4.78, 5) is 0. The van der Waals surface area contributed by atoms with Crippen LogP contribution in [0.5, 0.6) is 0 Å². The van der Waals surface area contributed by atoms with E-state index in [1.165, 1.54) is 0 Å². The van der Waals surface area contributed by atoms with Gasteiger partial charge in [-0.1, -0.05) is 19.8 Å². The molecule has 11 heavy (non-hydrogen) atoms. The van der Waals surface area contributed by atoms with Crippen molar-refractivity contribution in [1.29, 1.82) is 0 Å². The van der Waals surface area contributed by atoms with Crippen LogP contribution in [0.3, 0.4) is 0 Å². The summed E-state index contributed by atoms with van der Waals surface area (Å²) in [7, 11) is 0. The van der Waals surface area contributed by atoms with Gasteiger partial charge in [-0.25, -0.2) is 0 Å². The van der Waals surface area contributed by atoms with Crippen LogP contribution in [0.25, 0.3) is 0 Å². The normalized spacial score (nSPS) is 44.9. The van der Waals surface area contributed by atoms with Gasteiger partial charge in [0.05, 0.1) is 0 Å². The van der Waals surface area contributed by atoms with Crippen molar-refractivity contribution in [3.63, 3.8) is 0 Å². The molecule has 1 nitrogen and oxygen atoms in total. The second-order valence-electron chi connectivity index (χ2n) is 3.32. The van der Waals surface area contributed by atoms with Gasteiger partial charge in [0.15, 0.2) is 0 Å². The molecule has 3 atom stereocenters. The molecule has 0 spiro atoms. The lowest BCUT2D eigenvalue weighted by molar-refractivity contribution is 0.0432. The molecule has 0 aliphatic carbocycles. The van der Waals surface area contributed by atoms with E-state index in [4.69, 9.17) is 6.42 Å². The minimum atomic E-state index is -0.843. The largest absolute Gasteiger partial charge is 0.377 e. The van der Waals surface area contributed by atoms with Gasteiger partial charge in [0.25, 0.3) is 0 Å². The van der Waals surface area contributed by atoms with Crippen molar-refractivity contribution < 1.29 is 5.11 Å². The first-order valence-electron chi connectivity index (χ1n) is 3.90. The van der Waals surface area contributed by atoms with Gasteiger partial charge in [-0.3, -0.25) is 0 Å². The van der Waals surface area contributed by atoms with Gasteiger partial charge in [0.2, 0.25) is 0 Å². The van der Waals surface area contributed by atoms with Gasteiger partial charge in [-0.2, -0.15) is 11.8 Å². The summed E-state index contributed by atoms with van der Waals surface area (Å²) in [5, 5.41) is 10.4. The summed E-state index contributed by atoms with van der Waals surface area (Å²) in [6.45, 7) is 4.12. The fraction of sp³-hybridized carbons (Fsp3) is 0.778. The Hall–Kier alpha value is -0.130. The lowest BCUT2D eigenvalue weighted by Gasteiger charge is -2.36. The summed E-state index contributed by atoms with van der Waals surface area (Å²) in [6.07, 6.45) is 6.01. The zero-order valence-electron chi connectivity index (χ0n) is 7.00. The third kappa shape index (κ3) is 1.72. The van der Waals surface area contributed by atoms with Crippen LogP contribution >= 0.6 is 11.8 Å². The predicted octanol–water partition coefficient (Wildman–Crippen LogP) is 1.51. The molecule has 2 heteroatoms. The highest BCUT2D eigenvalue weighted by molar-refractivity contribution is 7.99. The van der Waals surface area contributed by atoms with E-state index >= 15 is 0 Å². The molecule has 1 rings (SSSR count). The van der Waals surface area contributed by atoms with Crippen molar-refractivity contribution in [1.82, 2.24) is 0 Å². The molecule has 0 saturated carbocycles. The van der Waals surface area contributed by atoms with Crippen LogP contribution in [0.2, 0.25) is 0 Å². The van der Waals surface area contributed by atoms with Crippen LogP contribution in [0, 0.1) is 18.3 Å². The Labute approximate surface area is 72.6 Å². The van der Waals surface area contributed by atoms with Crippen molar-refractivity contribution in [2.45, 2.75) is 31.1 Å². The second-order valence-corrected chi connectivity index (χ2v) is 4.79. The standard InChI is InChI=1S/C9H14OS/c1-4-9(10)5-8(3)11-6-7(9)2/h1,7-8,10H,5-6H2,2-3H3. The maximum Gasteiger partial charge on any atom is 0.129 e. The van der Waals surface area contributed by atoms with Gasteiger partial charge in [0.1, 0.15) is 5.60 Å². The highest BCUT2D eigenvalue weighted by atomic mass is 32.2. The van der Waals surface area contributed by atoms with E-state index in [0.717, 1.165) is 12.2 Å². The van der Waals surface area contributed by atoms with E-state index in [-0.39, 0.29) is 5.92 Å². The second kappa shape index (κ2) is 3.08. The zero-order valence-corrected chi connectivity index (χ0v) is 7.82. The predicted molar refractivity (Wildman–Crippen MR) is 49.5 cm³/mol. The molecule has 0 aromatic carbocycles. The molecule has 1 aliphatic heterocycles. The van der Waals surface area contributed by atoms with Crippen LogP contribution in [-0.2, 0) is 0 Å². The van der Waals surface area contributed by atoms with Crippen molar-refractivity contribution in [3.8, 4) is 12.3 Å². The van der Waals surface area contributed by atoms with Crippen molar-refractivity contribution in [2.75, 3.05) is 5.75 Å². The molecule has 0 amide bonds. The average molecular weight is 170 g/mol. The molecule has 0 radical (unpaired) electrons. The Morgan fingerprint density at radius 1 is 1.64 bits per heavy atom. The Bertz CT molecular complexity index is 184. The SMILES string of the molecule is C#CC1(O)CC(C)SCC1C. The third-order valence-electron chi connectivity index (χ3n) is 2.29. The molecule has 0 aromatic rings. The monoisotopic (exact) mass is 170 g/mol. The fourth-order valence-electron chi connectivity index (χ4n) is 1.35. The third-order valence-corrected chi connectivity index (χ3v) is 3.72. The average Bonchev–Trinajstić information content (AvgIpc) is 1.98. The van der Waals surface area contributed by atoms with E-state index in [0.29, 0.717) is 5.25 Å². The topological polar surface area (TPSA) is 20.2 Å². The number of thioether (sulfide) groups is 1. The van der Waals surface area contributed by atoms with E-state index < -0.39 is 5.60 Å². The molecular formula is C9H14OS. The molecule has 1 N–H and O–H groups in total. The minimum absolute atomic E-state index is 0.230. The first-order valence-corrected chi connectivity index (χ1v) is 4.95. The Morgan fingerprint density at radius 2 is 2.27 bits per heavy atom. The number of rotatable bonds is 0. The van der Waals surface area contributed by atoms with Crippen LogP contribution in [0.4, 0.5) is 0 Å². The van der Waals surface area contributed by atoms with Crippen LogP contribution < -0.4 is 0 Å². The Balaban J connectivity index is 2.70. The molecule has 0 bridgehead atoms.